The Hall–Kier alpha value is -1.40. The van der Waals surface area contributed by atoms with Gasteiger partial charge in [0.15, 0.2) is 14.6 Å². The van der Waals surface area contributed by atoms with Crippen LogP contribution in [0.5, 0.6) is 0 Å². The number of carbonyl (C=O) groups is 1. The van der Waals surface area contributed by atoms with Crippen molar-refractivity contribution in [3.8, 4) is 0 Å². The van der Waals surface area contributed by atoms with Gasteiger partial charge in [0.05, 0.1) is 4.90 Å². The predicted molar refractivity (Wildman–Crippen MR) is 91.0 cm³/mol. The molecule has 0 unspecified atom stereocenters. The minimum absolute atomic E-state index is 0.242. The van der Waals surface area contributed by atoms with Gasteiger partial charge in [0.25, 0.3) is 0 Å². The largest absolute Gasteiger partial charge is 0.351 e. The van der Waals surface area contributed by atoms with Gasteiger partial charge in [0.1, 0.15) is 0 Å². The molecule has 1 saturated carbocycles. The number of nitrogens with one attached hydrogen (secondary N) is 1. The molecule has 3 N–H and O–H groups in total. The van der Waals surface area contributed by atoms with E-state index in [1.807, 2.05) is 13.0 Å². The maximum Gasteiger partial charge on any atom is 0.242 e. The summed E-state index contributed by atoms with van der Waals surface area (Å²) >= 11 is 0. The molecule has 5 nitrogen and oxygen atoms in total. The Kier molecular flexibility index (Phi) is 5.16. The number of rotatable bonds is 5. The standard InChI is InChI=1S/C17H26N2O3S/c1-12-6-7-13(2)15(10-12)23(21,22)17(8-4-5-9-17)16(20)19-14(3)11-18/h6-7,10,14H,4-5,8-9,11,18H2,1-3H3,(H,19,20)/t14-/m0/s1. The molecule has 1 aliphatic carbocycles. The summed E-state index contributed by atoms with van der Waals surface area (Å²) in [6.45, 7) is 5.70. The second-order valence-corrected chi connectivity index (χ2v) is 8.81. The molecule has 0 bridgehead atoms. The molecule has 128 valence electrons. The van der Waals surface area contributed by atoms with Crippen LogP contribution in [0.4, 0.5) is 0 Å². The second kappa shape index (κ2) is 6.61. The van der Waals surface area contributed by atoms with E-state index in [4.69, 9.17) is 5.73 Å². The van der Waals surface area contributed by atoms with Crippen LogP contribution in [0.1, 0.15) is 43.7 Å². The van der Waals surface area contributed by atoms with Gasteiger partial charge < -0.3 is 11.1 Å². The molecule has 1 aromatic rings. The lowest BCUT2D eigenvalue weighted by Gasteiger charge is -2.29. The van der Waals surface area contributed by atoms with E-state index in [1.54, 1.807) is 26.0 Å². The summed E-state index contributed by atoms with van der Waals surface area (Å²) in [7, 11) is -3.76. The van der Waals surface area contributed by atoms with Crippen molar-refractivity contribution in [2.45, 2.75) is 62.1 Å². The number of carbonyl (C=O) groups excluding carboxylic acids is 1. The summed E-state index contributed by atoms with van der Waals surface area (Å²) in [5.74, 6) is -0.408. The van der Waals surface area contributed by atoms with Gasteiger partial charge in [0, 0.05) is 12.6 Å². The fourth-order valence-electron chi connectivity index (χ4n) is 3.19. The van der Waals surface area contributed by atoms with Crippen LogP contribution in [0.2, 0.25) is 0 Å². The Morgan fingerprint density at radius 1 is 1.30 bits per heavy atom. The smallest absolute Gasteiger partial charge is 0.242 e. The molecule has 1 aromatic carbocycles. The molecular formula is C17H26N2O3S. The Balaban J connectivity index is 2.51. The highest BCUT2D eigenvalue weighted by Crippen LogP contribution is 2.41. The lowest BCUT2D eigenvalue weighted by Crippen LogP contribution is -2.54. The van der Waals surface area contributed by atoms with Crippen LogP contribution in [-0.4, -0.2) is 31.7 Å². The molecule has 1 atom stereocenters. The van der Waals surface area contributed by atoms with E-state index in [9.17, 15) is 13.2 Å². The van der Waals surface area contributed by atoms with E-state index in [2.05, 4.69) is 5.32 Å². The van der Waals surface area contributed by atoms with Crippen LogP contribution in [0.3, 0.4) is 0 Å². The molecule has 1 aliphatic rings. The zero-order chi connectivity index (χ0) is 17.3. The van der Waals surface area contributed by atoms with E-state index >= 15 is 0 Å². The quantitative estimate of drug-likeness (QED) is 0.857. The fourth-order valence-corrected chi connectivity index (χ4v) is 5.57. The first-order valence-corrected chi connectivity index (χ1v) is 9.56. The molecule has 23 heavy (non-hydrogen) atoms. The Bertz CT molecular complexity index is 692. The van der Waals surface area contributed by atoms with E-state index in [1.165, 1.54) is 0 Å². The van der Waals surface area contributed by atoms with E-state index in [0.29, 0.717) is 18.4 Å². The van der Waals surface area contributed by atoms with E-state index < -0.39 is 20.5 Å². The molecule has 0 heterocycles. The number of benzene rings is 1. The molecule has 1 fully saturated rings. The molecule has 0 aromatic heterocycles. The molecule has 0 saturated heterocycles. The van der Waals surface area contributed by atoms with Crippen LogP contribution in [0.25, 0.3) is 0 Å². The van der Waals surface area contributed by atoms with Crippen molar-refractivity contribution in [1.29, 1.82) is 0 Å². The molecule has 2 rings (SSSR count). The highest BCUT2D eigenvalue weighted by atomic mass is 32.2. The lowest BCUT2D eigenvalue weighted by molar-refractivity contribution is -0.124. The molecule has 0 radical (unpaired) electrons. The van der Waals surface area contributed by atoms with Crippen molar-refractivity contribution in [3.05, 3.63) is 29.3 Å². The van der Waals surface area contributed by atoms with Gasteiger partial charge in [0.2, 0.25) is 5.91 Å². The number of nitrogens with two attached hydrogens (primary N) is 1. The van der Waals surface area contributed by atoms with Gasteiger partial charge in [-0.25, -0.2) is 8.42 Å². The van der Waals surface area contributed by atoms with Crippen molar-refractivity contribution < 1.29 is 13.2 Å². The minimum Gasteiger partial charge on any atom is -0.351 e. The fraction of sp³-hybridized carbons (Fsp3) is 0.588. The van der Waals surface area contributed by atoms with Crippen LogP contribution in [0.15, 0.2) is 23.1 Å². The number of amides is 1. The van der Waals surface area contributed by atoms with Crippen molar-refractivity contribution in [2.24, 2.45) is 5.73 Å². The highest BCUT2D eigenvalue weighted by Gasteiger charge is 2.53. The third-order valence-electron chi connectivity index (χ3n) is 4.70. The first-order chi connectivity index (χ1) is 10.7. The maximum absolute atomic E-state index is 13.3. The maximum atomic E-state index is 13.3. The van der Waals surface area contributed by atoms with Gasteiger partial charge >= 0.3 is 0 Å². The second-order valence-electron chi connectivity index (χ2n) is 6.58. The zero-order valence-corrected chi connectivity index (χ0v) is 14.9. The van der Waals surface area contributed by atoms with Crippen LogP contribution in [-0.2, 0) is 14.6 Å². The number of hydrogen-bond acceptors (Lipinski definition) is 4. The SMILES string of the molecule is Cc1ccc(C)c(S(=O)(=O)C2(C(=O)N[C@@H](C)CN)CCCC2)c1. The Morgan fingerprint density at radius 2 is 1.91 bits per heavy atom. The average molecular weight is 338 g/mol. The van der Waals surface area contributed by atoms with Gasteiger partial charge in [-0.2, -0.15) is 0 Å². The van der Waals surface area contributed by atoms with Crippen LogP contribution < -0.4 is 11.1 Å². The summed E-state index contributed by atoms with van der Waals surface area (Å²) < 4.78 is 25.3. The topological polar surface area (TPSA) is 89.3 Å². The lowest BCUT2D eigenvalue weighted by atomic mass is 10.1. The van der Waals surface area contributed by atoms with Crippen molar-refractivity contribution >= 4 is 15.7 Å². The van der Waals surface area contributed by atoms with Crippen LogP contribution in [0, 0.1) is 13.8 Å². The third-order valence-corrected chi connectivity index (χ3v) is 7.34. The van der Waals surface area contributed by atoms with Gasteiger partial charge in [-0.3, -0.25) is 4.79 Å². The minimum atomic E-state index is -3.76. The first-order valence-electron chi connectivity index (χ1n) is 8.07. The summed E-state index contributed by atoms with van der Waals surface area (Å²) in [6.07, 6.45) is 2.22. The van der Waals surface area contributed by atoms with Gasteiger partial charge in [-0.05, 0) is 50.8 Å². The van der Waals surface area contributed by atoms with E-state index in [0.717, 1.165) is 18.4 Å². The summed E-state index contributed by atoms with van der Waals surface area (Å²) in [5, 5.41) is 2.78. The molecule has 0 aliphatic heterocycles. The highest BCUT2D eigenvalue weighted by molar-refractivity contribution is 7.93. The van der Waals surface area contributed by atoms with Crippen molar-refractivity contribution in [3.63, 3.8) is 0 Å². The number of aryl methyl sites for hydroxylation is 2. The van der Waals surface area contributed by atoms with Crippen LogP contribution >= 0.6 is 0 Å². The number of hydrogen-bond donors (Lipinski definition) is 2. The van der Waals surface area contributed by atoms with E-state index in [-0.39, 0.29) is 17.5 Å². The van der Waals surface area contributed by atoms with Crippen molar-refractivity contribution in [2.75, 3.05) is 6.54 Å². The molecule has 1 amide bonds. The average Bonchev–Trinajstić information content (AvgIpc) is 3.00. The Labute approximate surface area is 138 Å². The number of sulfone groups is 1. The summed E-state index contributed by atoms with van der Waals surface area (Å²) in [5.41, 5.74) is 7.12. The predicted octanol–water partition coefficient (Wildman–Crippen LogP) is 1.85. The molecule has 6 heteroatoms. The van der Waals surface area contributed by atoms with Gasteiger partial charge in [-0.15, -0.1) is 0 Å². The summed E-state index contributed by atoms with van der Waals surface area (Å²) in [6, 6.07) is 5.11. The normalized spacial score (nSPS) is 18.6. The monoisotopic (exact) mass is 338 g/mol. The third kappa shape index (κ3) is 3.15. The zero-order valence-electron chi connectivity index (χ0n) is 14.1. The Morgan fingerprint density at radius 3 is 2.48 bits per heavy atom. The molecular weight excluding hydrogens is 312 g/mol. The molecule has 0 spiro atoms. The van der Waals surface area contributed by atoms with Gasteiger partial charge in [-0.1, -0.05) is 25.0 Å². The summed E-state index contributed by atoms with van der Waals surface area (Å²) in [4.78, 5) is 13.1. The first kappa shape index (κ1) is 17.9. The van der Waals surface area contributed by atoms with Crippen molar-refractivity contribution in [1.82, 2.24) is 5.32 Å².